The van der Waals surface area contributed by atoms with Crippen molar-refractivity contribution in [1.82, 2.24) is 14.9 Å². The minimum Gasteiger partial charge on any atom is -0.436 e. The smallest absolute Gasteiger partial charge is 0.412 e. The zero-order chi connectivity index (χ0) is 27.1. The topological polar surface area (TPSA) is 116 Å². The first kappa shape index (κ1) is 25.4. The van der Waals surface area contributed by atoms with Gasteiger partial charge in [0.1, 0.15) is 11.6 Å². The van der Waals surface area contributed by atoms with Crippen molar-refractivity contribution >= 4 is 40.9 Å². The molecule has 6 rings (SSSR count). The Morgan fingerprint density at radius 1 is 1.10 bits per heavy atom. The lowest BCUT2D eigenvalue weighted by Gasteiger charge is -2.45. The molecule has 3 aromatic rings. The zero-order valence-electron chi connectivity index (χ0n) is 21.1. The number of anilines is 2. The molecule has 3 aliphatic rings. The lowest BCUT2D eigenvalue weighted by atomic mass is 9.83. The number of carbonyl (C=O) groups excluding carboxylic acids is 3. The van der Waals surface area contributed by atoms with Crippen LogP contribution in [0, 0.1) is 5.82 Å². The first-order valence-electron chi connectivity index (χ1n) is 13.1. The normalized spacial score (nSPS) is 22.9. The summed E-state index contributed by atoms with van der Waals surface area (Å²) in [6, 6.07) is 9.38. The highest BCUT2D eigenvalue weighted by atomic mass is 35.5. The van der Waals surface area contributed by atoms with Crippen molar-refractivity contribution in [3.63, 3.8) is 0 Å². The highest BCUT2D eigenvalue weighted by Crippen LogP contribution is 2.44. The van der Waals surface area contributed by atoms with Crippen LogP contribution in [0.3, 0.4) is 0 Å². The largest absolute Gasteiger partial charge is 0.436 e. The Balaban J connectivity index is 1.33. The molecule has 3 N–H and O–H groups in total. The van der Waals surface area contributed by atoms with Crippen molar-refractivity contribution < 1.29 is 23.5 Å². The fourth-order valence-corrected chi connectivity index (χ4v) is 6.00. The number of imidazole rings is 1. The van der Waals surface area contributed by atoms with Gasteiger partial charge in [-0.25, -0.2) is 14.2 Å². The molecule has 0 radical (unpaired) electrons. The third-order valence-corrected chi connectivity index (χ3v) is 7.90. The van der Waals surface area contributed by atoms with Crippen LogP contribution in [0.2, 0.25) is 5.02 Å². The summed E-state index contributed by atoms with van der Waals surface area (Å²) in [6.45, 7) is 0.706. The molecule has 0 saturated carbocycles. The van der Waals surface area contributed by atoms with Gasteiger partial charge in [0.15, 0.2) is 5.60 Å². The van der Waals surface area contributed by atoms with E-state index in [1.54, 1.807) is 35.4 Å². The number of nitrogens with one attached hydrogen (secondary N) is 3. The van der Waals surface area contributed by atoms with Crippen LogP contribution in [0.5, 0.6) is 0 Å². The van der Waals surface area contributed by atoms with E-state index in [2.05, 4.69) is 15.6 Å². The molecule has 2 aromatic carbocycles. The molecule has 39 heavy (non-hydrogen) atoms. The van der Waals surface area contributed by atoms with Crippen LogP contribution in [-0.2, 0) is 19.9 Å². The van der Waals surface area contributed by atoms with Crippen LogP contribution >= 0.6 is 11.6 Å². The molecule has 4 heterocycles. The van der Waals surface area contributed by atoms with E-state index in [4.69, 9.17) is 21.3 Å². The fourth-order valence-electron chi connectivity index (χ4n) is 5.82. The van der Waals surface area contributed by atoms with E-state index in [1.807, 2.05) is 0 Å². The molecule has 3 amide bonds. The van der Waals surface area contributed by atoms with Gasteiger partial charge in [0.25, 0.3) is 0 Å². The summed E-state index contributed by atoms with van der Waals surface area (Å²) < 4.78 is 19.8. The van der Waals surface area contributed by atoms with E-state index in [1.165, 1.54) is 12.1 Å². The number of nitrogens with zero attached hydrogens (tertiary/aromatic N) is 2. The van der Waals surface area contributed by atoms with E-state index < -0.39 is 23.4 Å². The number of carbonyl (C=O) groups is 3. The van der Waals surface area contributed by atoms with E-state index >= 15 is 0 Å². The van der Waals surface area contributed by atoms with Gasteiger partial charge in [-0.3, -0.25) is 14.9 Å². The zero-order valence-corrected chi connectivity index (χ0v) is 21.8. The standard InChI is InChI=1S/C28H27ClFN5O4/c29-16-6-9-21-20(12-16)28(39-27(38)34-21)10-3-11-35(15-28)26(37)19-4-1-2-5-24(36)32-22-13-17(30)7-8-18(22)23-14-31-25(19)33-23/h6-9,12-14,19H,1-5,10-11,15H2,(H,31,33)(H,32,36)(H,34,38)/t19-,28-/m0/s1. The molecule has 1 spiro atoms. The van der Waals surface area contributed by atoms with Gasteiger partial charge in [0.2, 0.25) is 11.8 Å². The maximum Gasteiger partial charge on any atom is 0.412 e. The molecule has 202 valence electrons. The number of likely N-dealkylation sites (tertiary alicyclic amines) is 1. The number of fused-ring (bicyclic) bond motifs is 6. The Bertz CT molecular complexity index is 1480. The molecule has 0 aliphatic carbocycles. The van der Waals surface area contributed by atoms with Crippen molar-refractivity contribution in [1.29, 1.82) is 0 Å². The summed E-state index contributed by atoms with van der Waals surface area (Å²) in [5.41, 5.74) is 1.78. The number of piperidine rings is 1. The van der Waals surface area contributed by atoms with Gasteiger partial charge >= 0.3 is 6.09 Å². The number of aromatic amines is 1. The van der Waals surface area contributed by atoms with Crippen LogP contribution < -0.4 is 10.6 Å². The van der Waals surface area contributed by atoms with Gasteiger partial charge in [-0.15, -0.1) is 0 Å². The van der Waals surface area contributed by atoms with Gasteiger partial charge in [-0.2, -0.15) is 0 Å². The summed E-state index contributed by atoms with van der Waals surface area (Å²) in [5.74, 6) is -0.900. The van der Waals surface area contributed by atoms with Crippen LogP contribution in [-0.4, -0.2) is 45.9 Å². The quantitative estimate of drug-likeness (QED) is 0.367. The molecular weight excluding hydrogens is 525 g/mol. The Morgan fingerprint density at radius 2 is 1.97 bits per heavy atom. The number of aromatic nitrogens is 2. The third kappa shape index (κ3) is 4.85. The highest BCUT2D eigenvalue weighted by Gasteiger charge is 2.47. The van der Waals surface area contributed by atoms with Gasteiger partial charge in [-0.1, -0.05) is 18.0 Å². The third-order valence-electron chi connectivity index (χ3n) is 7.67. The number of halogens is 2. The van der Waals surface area contributed by atoms with Crippen LogP contribution in [0.15, 0.2) is 42.6 Å². The molecule has 11 heteroatoms. The van der Waals surface area contributed by atoms with Crippen molar-refractivity contribution in [2.24, 2.45) is 0 Å². The number of ether oxygens (including phenoxy) is 1. The number of H-pyrrole nitrogens is 1. The SMILES string of the molecule is O=C1CCCC[C@H](C(=O)N2CCC[C@@]3(C2)OC(=O)Nc2ccc(Cl)cc23)c2nc(c[nH]2)-c2ccc(F)cc2N1. The second-order valence-electron chi connectivity index (χ2n) is 10.3. The summed E-state index contributed by atoms with van der Waals surface area (Å²) in [5, 5.41) is 6.03. The van der Waals surface area contributed by atoms with Gasteiger partial charge in [-0.05, 0) is 62.1 Å². The van der Waals surface area contributed by atoms with Crippen LogP contribution in [0.4, 0.5) is 20.6 Å². The Labute approximate surface area is 229 Å². The number of hydrogen-bond acceptors (Lipinski definition) is 5. The van der Waals surface area contributed by atoms with Crippen molar-refractivity contribution in [2.45, 2.75) is 50.0 Å². The average molecular weight is 552 g/mol. The van der Waals surface area contributed by atoms with Gasteiger partial charge in [0.05, 0.1) is 29.5 Å². The summed E-state index contributed by atoms with van der Waals surface area (Å²) in [6.07, 6.45) is 4.23. The predicted octanol–water partition coefficient (Wildman–Crippen LogP) is 5.55. The monoisotopic (exact) mass is 551 g/mol. The Hall–Kier alpha value is -3.92. The van der Waals surface area contributed by atoms with Gasteiger partial charge < -0.3 is 19.9 Å². The van der Waals surface area contributed by atoms with E-state index in [0.717, 1.165) is 5.56 Å². The van der Waals surface area contributed by atoms with Crippen molar-refractivity contribution in [3.8, 4) is 11.3 Å². The van der Waals surface area contributed by atoms with Crippen LogP contribution in [0.1, 0.15) is 55.8 Å². The number of rotatable bonds is 1. The van der Waals surface area contributed by atoms with Crippen LogP contribution in [0.25, 0.3) is 11.3 Å². The maximum atomic E-state index is 14.1. The lowest BCUT2D eigenvalue weighted by molar-refractivity contribution is -0.141. The lowest BCUT2D eigenvalue weighted by Crippen LogP contribution is -2.54. The number of amides is 3. The Morgan fingerprint density at radius 3 is 2.85 bits per heavy atom. The summed E-state index contributed by atoms with van der Waals surface area (Å²) in [4.78, 5) is 48.7. The van der Waals surface area contributed by atoms with Gasteiger partial charge in [0, 0.05) is 35.3 Å². The maximum absolute atomic E-state index is 14.1. The minimum absolute atomic E-state index is 0.131. The first-order chi connectivity index (χ1) is 18.8. The predicted molar refractivity (Wildman–Crippen MR) is 143 cm³/mol. The van der Waals surface area contributed by atoms with E-state index in [9.17, 15) is 18.8 Å². The second-order valence-corrected chi connectivity index (χ2v) is 10.7. The van der Waals surface area contributed by atoms with Crippen molar-refractivity contribution in [3.05, 3.63) is 64.8 Å². The molecular formula is C28H27ClFN5O4. The van der Waals surface area contributed by atoms with E-state index in [0.29, 0.717) is 72.1 Å². The first-order valence-corrected chi connectivity index (χ1v) is 13.4. The second kappa shape index (κ2) is 10.00. The molecule has 1 aromatic heterocycles. The molecule has 2 atom stereocenters. The fraction of sp³-hybridized carbons (Fsp3) is 0.357. The molecule has 3 aliphatic heterocycles. The summed E-state index contributed by atoms with van der Waals surface area (Å²) >= 11 is 6.29. The van der Waals surface area contributed by atoms with Crippen molar-refractivity contribution in [2.75, 3.05) is 23.7 Å². The molecule has 2 bridgehead atoms. The molecule has 0 unspecified atom stereocenters. The molecule has 1 saturated heterocycles. The Kier molecular flexibility index (Phi) is 6.50. The summed E-state index contributed by atoms with van der Waals surface area (Å²) in [7, 11) is 0. The molecule has 9 nitrogen and oxygen atoms in total. The van der Waals surface area contributed by atoms with E-state index in [-0.39, 0.29) is 24.8 Å². The number of benzene rings is 2. The highest BCUT2D eigenvalue weighted by molar-refractivity contribution is 6.30. The number of hydrogen-bond donors (Lipinski definition) is 3. The molecule has 1 fully saturated rings. The minimum atomic E-state index is -1.00. The average Bonchev–Trinajstić information content (AvgIpc) is 3.38.